The maximum atomic E-state index is 13.1. The summed E-state index contributed by atoms with van der Waals surface area (Å²) < 4.78 is 18.1. The minimum Gasteiger partial charge on any atom is -0.364 e. The number of halogens is 2. The summed E-state index contributed by atoms with van der Waals surface area (Å²) in [4.78, 5) is 0. The number of nitrogens with zero attached hydrogens (tertiary/aromatic N) is 1. The van der Waals surface area contributed by atoms with Gasteiger partial charge in [0.05, 0.1) is 4.47 Å². The first-order valence-electron chi connectivity index (χ1n) is 3.64. The van der Waals surface area contributed by atoms with Gasteiger partial charge >= 0.3 is 0 Å². The molecule has 0 aliphatic rings. The molecule has 0 N–H and O–H groups in total. The van der Waals surface area contributed by atoms with Crippen molar-refractivity contribution in [3.8, 4) is 11.3 Å². The molecule has 0 saturated carbocycles. The third-order valence-corrected chi connectivity index (χ3v) is 2.47. The fraction of sp³-hybridized carbons (Fsp3) is 0. The molecule has 66 valence electrons. The van der Waals surface area contributed by atoms with E-state index in [0.717, 1.165) is 0 Å². The predicted molar refractivity (Wildman–Crippen MR) is 49.6 cm³/mol. The van der Waals surface area contributed by atoms with E-state index in [4.69, 9.17) is 0 Å². The zero-order valence-electron chi connectivity index (χ0n) is 6.50. The largest absolute Gasteiger partial charge is 0.364 e. The highest BCUT2D eigenvalue weighted by Gasteiger charge is 2.08. The fourth-order valence-corrected chi connectivity index (χ4v) is 1.52. The quantitative estimate of drug-likeness (QED) is 0.767. The fourth-order valence-electron chi connectivity index (χ4n) is 1.05. The molecule has 1 aromatic heterocycles. The van der Waals surface area contributed by atoms with Gasteiger partial charge in [-0.1, -0.05) is 17.3 Å². The van der Waals surface area contributed by atoms with E-state index in [1.165, 1.54) is 12.3 Å². The van der Waals surface area contributed by atoms with Gasteiger partial charge in [0.1, 0.15) is 17.8 Å². The first-order valence-corrected chi connectivity index (χ1v) is 4.43. The Hall–Kier alpha value is -1.16. The van der Waals surface area contributed by atoms with Crippen molar-refractivity contribution in [2.45, 2.75) is 0 Å². The Labute approximate surface area is 82.5 Å². The van der Waals surface area contributed by atoms with Gasteiger partial charge in [-0.25, -0.2) is 4.39 Å². The third-order valence-electron chi connectivity index (χ3n) is 1.67. The van der Waals surface area contributed by atoms with Crippen molar-refractivity contribution in [3.63, 3.8) is 0 Å². The molecule has 2 rings (SSSR count). The summed E-state index contributed by atoms with van der Waals surface area (Å²) in [6.07, 6.45) is 1.45. The highest BCUT2D eigenvalue weighted by molar-refractivity contribution is 9.10. The molecule has 0 saturated heterocycles. The normalized spacial score (nSPS) is 10.3. The summed E-state index contributed by atoms with van der Waals surface area (Å²) in [5, 5.41) is 3.72. The number of hydrogen-bond donors (Lipinski definition) is 0. The second-order valence-corrected chi connectivity index (χ2v) is 3.28. The van der Waals surface area contributed by atoms with Crippen LogP contribution in [0.1, 0.15) is 0 Å². The van der Waals surface area contributed by atoms with E-state index < -0.39 is 0 Å². The molecule has 2 nitrogen and oxygen atoms in total. The summed E-state index contributed by atoms with van der Waals surface area (Å²) in [6.45, 7) is 0. The number of benzene rings is 1. The van der Waals surface area contributed by atoms with Gasteiger partial charge in [0, 0.05) is 11.6 Å². The van der Waals surface area contributed by atoms with Crippen molar-refractivity contribution < 1.29 is 8.91 Å². The van der Waals surface area contributed by atoms with Crippen molar-refractivity contribution in [2.75, 3.05) is 0 Å². The van der Waals surface area contributed by atoms with E-state index in [9.17, 15) is 4.39 Å². The molecule has 0 aliphatic carbocycles. The molecule has 1 aromatic carbocycles. The molecule has 0 fully saturated rings. The first-order chi connectivity index (χ1) is 6.29. The van der Waals surface area contributed by atoms with Crippen molar-refractivity contribution in [1.82, 2.24) is 5.16 Å². The molecule has 0 unspecified atom stereocenters. The van der Waals surface area contributed by atoms with Gasteiger partial charge in [-0.05, 0) is 22.0 Å². The Kier molecular flexibility index (Phi) is 2.14. The lowest BCUT2D eigenvalue weighted by Gasteiger charge is -1.99. The highest BCUT2D eigenvalue weighted by atomic mass is 79.9. The van der Waals surface area contributed by atoms with E-state index in [1.807, 2.05) is 0 Å². The van der Waals surface area contributed by atoms with Crippen LogP contribution in [0.2, 0.25) is 0 Å². The summed E-state index contributed by atoms with van der Waals surface area (Å²) in [5.41, 5.74) is 1.31. The Morgan fingerprint density at radius 2 is 2.15 bits per heavy atom. The van der Waals surface area contributed by atoms with Crippen LogP contribution in [0.4, 0.5) is 4.39 Å². The molecular formula is C9H5BrFNO. The molecule has 0 bridgehead atoms. The molecule has 13 heavy (non-hydrogen) atoms. The lowest BCUT2D eigenvalue weighted by molar-refractivity contribution is 0.422. The lowest BCUT2D eigenvalue weighted by Crippen LogP contribution is -1.83. The Morgan fingerprint density at radius 3 is 2.85 bits per heavy atom. The molecule has 0 spiro atoms. The van der Waals surface area contributed by atoms with E-state index in [2.05, 4.69) is 25.6 Å². The summed E-state index contributed by atoms with van der Waals surface area (Å²) in [6, 6.07) is 6.46. The summed E-state index contributed by atoms with van der Waals surface area (Å²) in [5.74, 6) is -0.305. The zero-order chi connectivity index (χ0) is 9.26. The summed E-state index contributed by atoms with van der Waals surface area (Å²) in [7, 11) is 0. The molecular weight excluding hydrogens is 237 g/mol. The van der Waals surface area contributed by atoms with Crippen LogP contribution in [0.25, 0.3) is 11.3 Å². The minimum absolute atomic E-state index is 0.305. The maximum Gasteiger partial charge on any atom is 0.138 e. The average molecular weight is 242 g/mol. The zero-order valence-corrected chi connectivity index (χ0v) is 8.08. The van der Waals surface area contributed by atoms with Gasteiger partial charge in [-0.3, -0.25) is 0 Å². The Bertz CT molecular complexity index is 414. The van der Waals surface area contributed by atoms with Crippen molar-refractivity contribution in [3.05, 3.63) is 40.8 Å². The van der Waals surface area contributed by atoms with E-state index in [1.54, 1.807) is 18.2 Å². The third kappa shape index (κ3) is 1.49. The number of aromatic nitrogens is 1. The smallest absolute Gasteiger partial charge is 0.138 e. The molecule has 0 atom stereocenters. The van der Waals surface area contributed by atoms with Crippen LogP contribution in [0.5, 0.6) is 0 Å². The number of rotatable bonds is 1. The van der Waals surface area contributed by atoms with E-state index in [-0.39, 0.29) is 5.82 Å². The standard InChI is InChI=1S/C9H5BrFNO/c10-9-6(2-1-3-7(9)11)8-4-5-13-12-8/h1-5H. The van der Waals surface area contributed by atoms with Gasteiger partial charge in [0.2, 0.25) is 0 Å². The van der Waals surface area contributed by atoms with Gasteiger partial charge in [0.25, 0.3) is 0 Å². The number of hydrogen-bond acceptors (Lipinski definition) is 2. The van der Waals surface area contributed by atoms with Crippen LogP contribution in [0, 0.1) is 5.82 Å². The Balaban J connectivity index is 2.59. The summed E-state index contributed by atoms with van der Waals surface area (Å²) >= 11 is 3.14. The molecule has 4 heteroatoms. The van der Waals surface area contributed by atoms with Gasteiger partial charge in [-0.2, -0.15) is 0 Å². The molecule has 0 amide bonds. The van der Waals surface area contributed by atoms with E-state index >= 15 is 0 Å². The van der Waals surface area contributed by atoms with Gasteiger partial charge in [-0.15, -0.1) is 0 Å². The molecule has 0 radical (unpaired) electrons. The van der Waals surface area contributed by atoms with Crippen molar-refractivity contribution >= 4 is 15.9 Å². The molecule has 1 heterocycles. The first kappa shape index (κ1) is 8.44. The Morgan fingerprint density at radius 1 is 1.31 bits per heavy atom. The van der Waals surface area contributed by atoms with E-state index in [0.29, 0.717) is 15.7 Å². The second kappa shape index (κ2) is 3.30. The monoisotopic (exact) mass is 241 g/mol. The maximum absolute atomic E-state index is 13.1. The van der Waals surface area contributed by atoms with Crippen LogP contribution >= 0.6 is 15.9 Å². The van der Waals surface area contributed by atoms with Crippen LogP contribution in [0.15, 0.2) is 39.5 Å². The van der Waals surface area contributed by atoms with Crippen LogP contribution in [-0.2, 0) is 0 Å². The lowest BCUT2D eigenvalue weighted by atomic mass is 10.1. The molecule has 0 aliphatic heterocycles. The average Bonchev–Trinajstić information content (AvgIpc) is 2.62. The van der Waals surface area contributed by atoms with Gasteiger partial charge < -0.3 is 4.52 Å². The van der Waals surface area contributed by atoms with Gasteiger partial charge in [0.15, 0.2) is 0 Å². The van der Waals surface area contributed by atoms with Crippen LogP contribution in [-0.4, -0.2) is 5.16 Å². The van der Waals surface area contributed by atoms with Crippen molar-refractivity contribution in [1.29, 1.82) is 0 Å². The van der Waals surface area contributed by atoms with Crippen LogP contribution < -0.4 is 0 Å². The highest BCUT2D eigenvalue weighted by Crippen LogP contribution is 2.28. The van der Waals surface area contributed by atoms with Crippen LogP contribution in [0.3, 0.4) is 0 Å². The topological polar surface area (TPSA) is 26.0 Å². The predicted octanol–water partition coefficient (Wildman–Crippen LogP) is 3.24. The second-order valence-electron chi connectivity index (χ2n) is 2.49. The molecule has 2 aromatic rings. The minimum atomic E-state index is -0.305. The SMILES string of the molecule is Fc1cccc(-c2ccon2)c1Br. The van der Waals surface area contributed by atoms with Crippen molar-refractivity contribution in [2.24, 2.45) is 0 Å².